The van der Waals surface area contributed by atoms with Gasteiger partial charge in [-0.3, -0.25) is 0 Å². The lowest BCUT2D eigenvalue weighted by molar-refractivity contribution is -0.0168. The lowest BCUT2D eigenvalue weighted by Crippen LogP contribution is -2.43. The molecule has 0 aliphatic rings. The van der Waals surface area contributed by atoms with Crippen molar-refractivity contribution in [2.45, 2.75) is 67.0 Å². The summed E-state index contributed by atoms with van der Waals surface area (Å²) >= 11 is 0. The minimum atomic E-state index is -1.02. The standard InChI is InChI=1S/C14H29F/c1-8-12(9-2)14(7,15)13(10(3)4)11(5)6/h10-13H,8-9H2,1-7H3. The highest BCUT2D eigenvalue weighted by Crippen LogP contribution is 2.42. The van der Waals surface area contributed by atoms with Gasteiger partial charge in [-0.15, -0.1) is 0 Å². The maximum Gasteiger partial charge on any atom is 0.114 e. The molecule has 0 aliphatic heterocycles. The summed E-state index contributed by atoms with van der Waals surface area (Å²) in [5.41, 5.74) is -1.02. The van der Waals surface area contributed by atoms with E-state index in [4.69, 9.17) is 0 Å². The van der Waals surface area contributed by atoms with E-state index < -0.39 is 5.67 Å². The lowest BCUT2D eigenvalue weighted by atomic mass is 9.68. The van der Waals surface area contributed by atoms with E-state index in [-0.39, 0.29) is 11.8 Å². The SMILES string of the molecule is CCC(CC)C(C)(F)C(C(C)C)C(C)C. The fourth-order valence-electron chi connectivity index (χ4n) is 3.43. The van der Waals surface area contributed by atoms with E-state index in [0.717, 1.165) is 12.8 Å². The lowest BCUT2D eigenvalue weighted by Gasteiger charge is -2.41. The van der Waals surface area contributed by atoms with E-state index in [0.29, 0.717) is 11.8 Å². The second-order valence-corrected chi connectivity index (χ2v) is 5.68. The Morgan fingerprint density at radius 1 is 0.933 bits per heavy atom. The van der Waals surface area contributed by atoms with Crippen LogP contribution in [0.2, 0.25) is 0 Å². The monoisotopic (exact) mass is 216 g/mol. The molecule has 0 aromatic carbocycles. The van der Waals surface area contributed by atoms with Crippen molar-refractivity contribution in [2.24, 2.45) is 23.7 Å². The zero-order valence-electron chi connectivity index (χ0n) is 11.6. The maximum atomic E-state index is 14.9. The largest absolute Gasteiger partial charge is 0.244 e. The van der Waals surface area contributed by atoms with Gasteiger partial charge in [0.2, 0.25) is 0 Å². The topological polar surface area (TPSA) is 0 Å². The molecule has 0 N–H and O–H groups in total. The van der Waals surface area contributed by atoms with E-state index in [1.807, 2.05) is 6.92 Å². The van der Waals surface area contributed by atoms with Crippen molar-refractivity contribution < 1.29 is 4.39 Å². The van der Waals surface area contributed by atoms with Gasteiger partial charge in [-0.05, 0) is 30.6 Å². The highest BCUT2D eigenvalue weighted by atomic mass is 19.1. The summed E-state index contributed by atoms with van der Waals surface area (Å²) in [6, 6.07) is 0. The smallest absolute Gasteiger partial charge is 0.114 e. The van der Waals surface area contributed by atoms with E-state index in [2.05, 4.69) is 41.5 Å². The third-order valence-electron chi connectivity index (χ3n) is 3.87. The Bertz CT molecular complexity index is 158. The summed E-state index contributed by atoms with van der Waals surface area (Å²) in [5.74, 6) is 1.20. The Balaban J connectivity index is 4.92. The van der Waals surface area contributed by atoms with Crippen molar-refractivity contribution in [3.05, 3.63) is 0 Å². The predicted molar refractivity (Wildman–Crippen MR) is 66.8 cm³/mol. The molecular formula is C14H29F. The maximum absolute atomic E-state index is 14.9. The Kier molecular flexibility index (Phi) is 5.84. The average molecular weight is 216 g/mol. The van der Waals surface area contributed by atoms with Gasteiger partial charge in [0.25, 0.3) is 0 Å². The number of alkyl halides is 1. The highest BCUT2D eigenvalue weighted by Gasteiger charge is 2.42. The van der Waals surface area contributed by atoms with Gasteiger partial charge < -0.3 is 0 Å². The van der Waals surface area contributed by atoms with Crippen LogP contribution in [0.5, 0.6) is 0 Å². The van der Waals surface area contributed by atoms with Gasteiger partial charge in [0, 0.05) is 0 Å². The van der Waals surface area contributed by atoms with Crippen molar-refractivity contribution in [1.82, 2.24) is 0 Å². The Labute approximate surface area is 95.6 Å². The molecule has 1 atom stereocenters. The molecule has 1 heteroatoms. The van der Waals surface area contributed by atoms with Gasteiger partial charge in [-0.2, -0.15) is 0 Å². The second-order valence-electron chi connectivity index (χ2n) is 5.68. The molecule has 0 saturated carbocycles. The normalized spacial score (nSPS) is 16.8. The minimum Gasteiger partial charge on any atom is -0.244 e. The Morgan fingerprint density at radius 3 is 1.47 bits per heavy atom. The first-order chi connectivity index (χ1) is 6.78. The van der Waals surface area contributed by atoms with Crippen molar-refractivity contribution >= 4 is 0 Å². The number of halogens is 1. The van der Waals surface area contributed by atoms with E-state index in [1.54, 1.807) is 0 Å². The molecule has 92 valence electrons. The summed E-state index contributed by atoms with van der Waals surface area (Å²) in [6.07, 6.45) is 1.89. The summed E-state index contributed by atoms with van der Waals surface area (Å²) in [4.78, 5) is 0. The van der Waals surface area contributed by atoms with Crippen LogP contribution in [-0.2, 0) is 0 Å². The number of hydrogen-bond donors (Lipinski definition) is 0. The van der Waals surface area contributed by atoms with Crippen LogP contribution in [0.25, 0.3) is 0 Å². The number of hydrogen-bond acceptors (Lipinski definition) is 0. The predicted octanol–water partition coefficient (Wildman–Crippen LogP) is 5.08. The molecule has 0 heterocycles. The molecular weight excluding hydrogens is 187 g/mol. The zero-order valence-corrected chi connectivity index (χ0v) is 11.6. The molecule has 0 radical (unpaired) electrons. The second kappa shape index (κ2) is 5.86. The van der Waals surface area contributed by atoms with Gasteiger partial charge in [0.1, 0.15) is 5.67 Å². The average Bonchev–Trinajstić information content (AvgIpc) is 2.02. The fraction of sp³-hybridized carbons (Fsp3) is 1.00. The van der Waals surface area contributed by atoms with Crippen LogP contribution in [0.3, 0.4) is 0 Å². The van der Waals surface area contributed by atoms with Crippen molar-refractivity contribution in [3.63, 3.8) is 0 Å². The first-order valence-corrected chi connectivity index (χ1v) is 6.47. The number of rotatable bonds is 6. The zero-order chi connectivity index (χ0) is 12.2. The molecule has 0 bridgehead atoms. The molecule has 0 spiro atoms. The Hall–Kier alpha value is -0.0700. The van der Waals surface area contributed by atoms with Crippen molar-refractivity contribution in [3.8, 4) is 0 Å². The minimum absolute atomic E-state index is 0.169. The quantitative estimate of drug-likeness (QED) is 0.581. The first kappa shape index (κ1) is 14.9. The summed E-state index contributed by atoms with van der Waals surface area (Å²) in [6.45, 7) is 14.6. The molecule has 0 rings (SSSR count). The van der Waals surface area contributed by atoms with Crippen LogP contribution in [0.1, 0.15) is 61.3 Å². The van der Waals surface area contributed by atoms with Crippen molar-refractivity contribution in [1.29, 1.82) is 0 Å². The summed E-state index contributed by atoms with van der Waals surface area (Å²) in [7, 11) is 0. The van der Waals surface area contributed by atoms with Crippen LogP contribution < -0.4 is 0 Å². The van der Waals surface area contributed by atoms with Crippen LogP contribution in [0.4, 0.5) is 4.39 Å². The van der Waals surface area contributed by atoms with Gasteiger partial charge >= 0.3 is 0 Å². The third kappa shape index (κ3) is 3.46. The van der Waals surface area contributed by atoms with Crippen LogP contribution in [0, 0.1) is 23.7 Å². The molecule has 0 fully saturated rings. The first-order valence-electron chi connectivity index (χ1n) is 6.47. The van der Waals surface area contributed by atoms with Gasteiger partial charge in [-0.1, -0.05) is 54.4 Å². The van der Waals surface area contributed by atoms with Crippen LogP contribution >= 0.6 is 0 Å². The molecule has 0 amide bonds. The van der Waals surface area contributed by atoms with E-state index >= 15 is 0 Å². The molecule has 15 heavy (non-hydrogen) atoms. The molecule has 1 unspecified atom stereocenters. The molecule has 0 aromatic heterocycles. The van der Waals surface area contributed by atoms with E-state index in [1.165, 1.54) is 0 Å². The van der Waals surface area contributed by atoms with Gasteiger partial charge in [0.05, 0.1) is 0 Å². The highest BCUT2D eigenvalue weighted by molar-refractivity contribution is 4.91. The van der Waals surface area contributed by atoms with Crippen molar-refractivity contribution in [2.75, 3.05) is 0 Å². The fourth-order valence-corrected chi connectivity index (χ4v) is 3.43. The third-order valence-corrected chi connectivity index (χ3v) is 3.87. The molecule has 0 saturated heterocycles. The summed E-state index contributed by atoms with van der Waals surface area (Å²) in [5, 5.41) is 0. The van der Waals surface area contributed by atoms with E-state index in [9.17, 15) is 4.39 Å². The van der Waals surface area contributed by atoms with Gasteiger partial charge in [-0.25, -0.2) is 4.39 Å². The summed E-state index contributed by atoms with van der Waals surface area (Å²) < 4.78 is 14.9. The Morgan fingerprint density at radius 2 is 1.27 bits per heavy atom. The molecule has 0 aliphatic carbocycles. The molecule has 0 aromatic rings. The van der Waals surface area contributed by atoms with Crippen LogP contribution in [0.15, 0.2) is 0 Å². The van der Waals surface area contributed by atoms with Crippen LogP contribution in [-0.4, -0.2) is 5.67 Å². The van der Waals surface area contributed by atoms with Gasteiger partial charge in [0.15, 0.2) is 0 Å². The molecule has 0 nitrogen and oxygen atoms in total.